The molecule has 0 aliphatic carbocycles. The van der Waals surface area contributed by atoms with Gasteiger partial charge in [-0.25, -0.2) is 4.79 Å². The molecule has 1 aliphatic heterocycles. The number of carboxylic acid groups (broad SMARTS) is 1. The fraction of sp³-hybridized carbons (Fsp3) is 0.100. The lowest BCUT2D eigenvalue weighted by Gasteiger charge is -2.13. The van der Waals surface area contributed by atoms with Crippen molar-refractivity contribution in [1.82, 2.24) is 0 Å². The number of para-hydroxylation sites is 1. The molecule has 0 saturated carbocycles. The molecule has 2 rings (SSSR count). The van der Waals surface area contributed by atoms with Crippen LogP contribution < -0.4 is 5.01 Å². The number of carboxylic acids is 1. The predicted octanol–water partition coefficient (Wildman–Crippen LogP) is 1.11. The van der Waals surface area contributed by atoms with E-state index in [0.717, 1.165) is 5.01 Å². The highest BCUT2D eigenvalue weighted by molar-refractivity contribution is 6.08. The Morgan fingerprint density at radius 2 is 2.13 bits per heavy atom. The summed E-state index contributed by atoms with van der Waals surface area (Å²) >= 11 is 0. The molecule has 1 N–H and O–H groups in total. The van der Waals surface area contributed by atoms with E-state index >= 15 is 0 Å². The van der Waals surface area contributed by atoms with E-state index in [4.69, 9.17) is 5.11 Å². The highest BCUT2D eigenvalue weighted by Gasteiger charge is 2.23. The molecule has 0 fully saturated rings. The molecule has 0 unspecified atom stereocenters. The van der Waals surface area contributed by atoms with Gasteiger partial charge in [0.2, 0.25) is 0 Å². The maximum Gasteiger partial charge on any atom is 0.337 e. The largest absolute Gasteiger partial charge is 0.478 e. The number of benzene rings is 1. The van der Waals surface area contributed by atoms with Crippen LogP contribution in [0.2, 0.25) is 0 Å². The number of hydrogen-bond acceptors (Lipinski definition) is 3. The van der Waals surface area contributed by atoms with Crippen molar-refractivity contribution in [3.05, 3.63) is 29.8 Å². The quantitative estimate of drug-likeness (QED) is 0.784. The molecule has 0 saturated heterocycles. The first-order valence-electron chi connectivity index (χ1n) is 4.38. The molecule has 1 aromatic carbocycles. The third-order valence-electron chi connectivity index (χ3n) is 2.06. The second-order valence-corrected chi connectivity index (χ2v) is 3.03. The van der Waals surface area contributed by atoms with Gasteiger partial charge in [-0.15, -0.1) is 0 Å². The minimum Gasteiger partial charge on any atom is -0.478 e. The molecule has 5 heteroatoms. The van der Waals surface area contributed by atoms with E-state index in [0.29, 0.717) is 5.69 Å². The molecule has 76 valence electrons. The Labute approximate surface area is 85.6 Å². The zero-order valence-electron chi connectivity index (χ0n) is 7.75. The number of carbonyl (C=O) groups is 2. The van der Waals surface area contributed by atoms with E-state index in [1.807, 2.05) is 0 Å². The first-order chi connectivity index (χ1) is 7.20. The van der Waals surface area contributed by atoms with Crippen molar-refractivity contribution in [2.75, 3.05) is 5.01 Å². The fourth-order valence-corrected chi connectivity index (χ4v) is 1.39. The third-order valence-corrected chi connectivity index (χ3v) is 2.06. The molecular formula is C10H8N2O3. The van der Waals surface area contributed by atoms with Crippen molar-refractivity contribution in [1.29, 1.82) is 0 Å². The fourth-order valence-electron chi connectivity index (χ4n) is 1.39. The van der Waals surface area contributed by atoms with E-state index < -0.39 is 5.97 Å². The Kier molecular flexibility index (Phi) is 2.21. The van der Waals surface area contributed by atoms with Crippen LogP contribution in [0.5, 0.6) is 0 Å². The molecule has 0 aromatic heterocycles. The summed E-state index contributed by atoms with van der Waals surface area (Å²) in [6.07, 6.45) is 1.68. The molecule has 1 amide bonds. The topological polar surface area (TPSA) is 70.0 Å². The van der Waals surface area contributed by atoms with Crippen molar-refractivity contribution in [2.45, 2.75) is 6.42 Å². The number of amides is 1. The van der Waals surface area contributed by atoms with Crippen LogP contribution in [0.3, 0.4) is 0 Å². The van der Waals surface area contributed by atoms with Gasteiger partial charge in [-0.3, -0.25) is 4.79 Å². The smallest absolute Gasteiger partial charge is 0.337 e. The number of hydrazone groups is 1. The lowest BCUT2D eigenvalue weighted by molar-refractivity contribution is -0.116. The second kappa shape index (κ2) is 3.53. The lowest BCUT2D eigenvalue weighted by atomic mass is 10.1. The van der Waals surface area contributed by atoms with Crippen LogP contribution in [-0.4, -0.2) is 23.2 Å². The first kappa shape index (κ1) is 9.39. The van der Waals surface area contributed by atoms with Gasteiger partial charge >= 0.3 is 5.97 Å². The van der Waals surface area contributed by atoms with Gasteiger partial charge in [-0.05, 0) is 12.1 Å². The average molecular weight is 204 g/mol. The highest BCUT2D eigenvalue weighted by atomic mass is 16.4. The van der Waals surface area contributed by atoms with E-state index in [2.05, 4.69) is 5.10 Å². The van der Waals surface area contributed by atoms with Gasteiger partial charge in [0.05, 0.1) is 17.7 Å². The van der Waals surface area contributed by atoms with Crippen molar-refractivity contribution in [2.24, 2.45) is 5.10 Å². The SMILES string of the molecule is O=C(O)c1ccccc1N1N=CCC1=O. The molecule has 15 heavy (non-hydrogen) atoms. The molecule has 0 radical (unpaired) electrons. The van der Waals surface area contributed by atoms with Crippen LogP contribution in [-0.2, 0) is 4.79 Å². The van der Waals surface area contributed by atoms with Crippen LogP contribution >= 0.6 is 0 Å². The van der Waals surface area contributed by atoms with Crippen LogP contribution in [0.1, 0.15) is 16.8 Å². The number of rotatable bonds is 2. The van der Waals surface area contributed by atoms with Gasteiger partial charge in [0, 0.05) is 6.21 Å². The summed E-state index contributed by atoms with van der Waals surface area (Å²) in [7, 11) is 0. The van der Waals surface area contributed by atoms with E-state index in [9.17, 15) is 9.59 Å². The van der Waals surface area contributed by atoms with Gasteiger partial charge < -0.3 is 5.11 Å². The van der Waals surface area contributed by atoms with Crippen LogP contribution in [0.25, 0.3) is 0 Å². The Bertz CT molecular complexity index is 454. The zero-order valence-corrected chi connectivity index (χ0v) is 7.75. The Morgan fingerprint density at radius 1 is 1.40 bits per heavy atom. The van der Waals surface area contributed by atoms with E-state index in [1.54, 1.807) is 18.2 Å². The maximum absolute atomic E-state index is 11.4. The van der Waals surface area contributed by atoms with Crippen molar-refractivity contribution >= 4 is 23.8 Å². The van der Waals surface area contributed by atoms with Gasteiger partial charge in [0.1, 0.15) is 0 Å². The summed E-state index contributed by atoms with van der Waals surface area (Å²) in [4.78, 5) is 22.3. The van der Waals surface area contributed by atoms with Crippen molar-refractivity contribution < 1.29 is 14.7 Å². The number of aromatic carboxylic acids is 1. The van der Waals surface area contributed by atoms with Crippen LogP contribution in [0, 0.1) is 0 Å². The van der Waals surface area contributed by atoms with E-state index in [-0.39, 0.29) is 17.9 Å². The summed E-state index contributed by atoms with van der Waals surface area (Å²) in [6, 6.07) is 6.28. The maximum atomic E-state index is 11.4. The van der Waals surface area contributed by atoms with Gasteiger partial charge in [-0.2, -0.15) is 10.1 Å². The summed E-state index contributed by atoms with van der Waals surface area (Å²) in [6.45, 7) is 0. The molecule has 1 heterocycles. The normalized spacial score (nSPS) is 14.7. The summed E-state index contributed by atoms with van der Waals surface area (Å²) in [5.74, 6) is -1.29. The lowest BCUT2D eigenvalue weighted by Crippen LogP contribution is -2.21. The molecule has 1 aliphatic rings. The molecule has 5 nitrogen and oxygen atoms in total. The van der Waals surface area contributed by atoms with Crippen molar-refractivity contribution in [3.8, 4) is 0 Å². The van der Waals surface area contributed by atoms with Gasteiger partial charge in [0.25, 0.3) is 5.91 Å². The Hall–Kier alpha value is -2.17. The molecule has 0 atom stereocenters. The first-order valence-corrected chi connectivity index (χ1v) is 4.38. The van der Waals surface area contributed by atoms with Crippen molar-refractivity contribution in [3.63, 3.8) is 0 Å². The Morgan fingerprint density at radius 3 is 2.73 bits per heavy atom. The number of nitrogens with zero attached hydrogens (tertiary/aromatic N) is 2. The van der Waals surface area contributed by atoms with E-state index in [1.165, 1.54) is 12.3 Å². The van der Waals surface area contributed by atoms with Crippen LogP contribution in [0.4, 0.5) is 5.69 Å². The molecule has 0 bridgehead atoms. The second-order valence-electron chi connectivity index (χ2n) is 3.03. The average Bonchev–Trinajstić information content (AvgIpc) is 2.64. The molecule has 1 aromatic rings. The summed E-state index contributed by atoms with van der Waals surface area (Å²) < 4.78 is 0. The summed E-state index contributed by atoms with van der Waals surface area (Å²) in [5.41, 5.74) is 0.383. The minimum atomic E-state index is -1.07. The minimum absolute atomic E-state index is 0.0740. The zero-order chi connectivity index (χ0) is 10.8. The summed E-state index contributed by atoms with van der Waals surface area (Å²) in [5, 5.41) is 13.9. The highest BCUT2D eigenvalue weighted by Crippen LogP contribution is 2.23. The number of anilines is 1. The van der Waals surface area contributed by atoms with Gasteiger partial charge in [-0.1, -0.05) is 12.1 Å². The standard InChI is InChI=1S/C10H8N2O3/c13-9-5-6-11-12(9)8-4-2-1-3-7(8)10(14)15/h1-4,6H,5H2,(H,14,15). The Balaban J connectivity index is 2.47. The predicted molar refractivity (Wildman–Crippen MR) is 54.0 cm³/mol. The molecular weight excluding hydrogens is 196 g/mol. The molecule has 0 spiro atoms. The third kappa shape index (κ3) is 1.59. The number of hydrogen-bond donors (Lipinski definition) is 1. The van der Waals surface area contributed by atoms with Crippen LogP contribution in [0.15, 0.2) is 29.4 Å². The van der Waals surface area contributed by atoms with Gasteiger partial charge in [0.15, 0.2) is 0 Å². The number of carbonyl (C=O) groups excluding carboxylic acids is 1. The monoisotopic (exact) mass is 204 g/mol.